The van der Waals surface area contributed by atoms with Crippen LogP contribution in [0.4, 0.5) is 0 Å². The Morgan fingerprint density at radius 2 is 1.95 bits per heavy atom. The first-order chi connectivity index (χ1) is 9.51. The third kappa shape index (κ3) is 3.72. The number of nitrogens with one attached hydrogen (secondary N) is 1. The minimum absolute atomic E-state index is 0.00368. The Balaban J connectivity index is 1.90. The van der Waals surface area contributed by atoms with E-state index in [0.29, 0.717) is 12.5 Å². The SMILES string of the molecule is CC(=O)NCC1CCCN(C(=O)C2(N)CCCCC2)C1. The first kappa shape index (κ1) is 15.3. The number of hydrogen-bond acceptors (Lipinski definition) is 3. The summed E-state index contributed by atoms with van der Waals surface area (Å²) in [6, 6.07) is 0. The Labute approximate surface area is 121 Å². The van der Waals surface area contributed by atoms with Crippen molar-refractivity contribution in [2.75, 3.05) is 19.6 Å². The molecule has 2 amide bonds. The van der Waals surface area contributed by atoms with Gasteiger partial charge in [0.15, 0.2) is 0 Å². The molecule has 5 nitrogen and oxygen atoms in total. The lowest BCUT2D eigenvalue weighted by atomic mass is 9.81. The number of rotatable bonds is 3. The molecule has 2 fully saturated rings. The molecule has 0 spiro atoms. The quantitative estimate of drug-likeness (QED) is 0.811. The number of likely N-dealkylation sites (tertiary alicyclic amines) is 1. The molecule has 1 saturated carbocycles. The summed E-state index contributed by atoms with van der Waals surface area (Å²) in [6.07, 6.45) is 7.03. The summed E-state index contributed by atoms with van der Waals surface area (Å²) in [7, 11) is 0. The molecule has 1 aliphatic carbocycles. The van der Waals surface area contributed by atoms with Crippen LogP contribution in [0.25, 0.3) is 0 Å². The van der Waals surface area contributed by atoms with Gasteiger partial charge in [-0.15, -0.1) is 0 Å². The van der Waals surface area contributed by atoms with E-state index in [9.17, 15) is 9.59 Å². The monoisotopic (exact) mass is 281 g/mol. The molecule has 2 aliphatic rings. The van der Waals surface area contributed by atoms with E-state index in [4.69, 9.17) is 5.73 Å². The standard InChI is InChI=1S/C15H27N3O2/c1-12(19)17-10-13-6-5-9-18(11-13)14(20)15(16)7-3-2-4-8-15/h13H,2-11,16H2,1H3,(H,17,19). The molecule has 1 saturated heterocycles. The van der Waals surface area contributed by atoms with E-state index in [1.165, 1.54) is 13.3 Å². The Morgan fingerprint density at radius 3 is 2.60 bits per heavy atom. The Bertz CT molecular complexity index is 364. The summed E-state index contributed by atoms with van der Waals surface area (Å²) in [6.45, 7) is 3.74. The molecule has 114 valence electrons. The van der Waals surface area contributed by atoms with Crippen LogP contribution in [0, 0.1) is 5.92 Å². The Kier molecular flexibility index (Phi) is 5.02. The predicted octanol–water partition coefficient (Wildman–Crippen LogP) is 1.02. The first-order valence-electron chi connectivity index (χ1n) is 7.84. The minimum atomic E-state index is -0.631. The number of nitrogens with two attached hydrogens (primary N) is 1. The molecular weight excluding hydrogens is 254 g/mol. The summed E-state index contributed by atoms with van der Waals surface area (Å²) in [5, 5.41) is 2.86. The van der Waals surface area contributed by atoms with Crippen LogP contribution in [-0.2, 0) is 9.59 Å². The Hall–Kier alpha value is -1.10. The zero-order valence-electron chi connectivity index (χ0n) is 12.5. The lowest BCUT2D eigenvalue weighted by Gasteiger charge is -2.40. The highest BCUT2D eigenvalue weighted by Crippen LogP contribution is 2.29. The van der Waals surface area contributed by atoms with Crippen molar-refractivity contribution in [2.24, 2.45) is 11.7 Å². The highest BCUT2D eigenvalue weighted by molar-refractivity contribution is 5.86. The molecule has 0 aromatic carbocycles. The van der Waals surface area contributed by atoms with Crippen LogP contribution < -0.4 is 11.1 Å². The van der Waals surface area contributed by atoms with Crippen LogP contribution in [0.3, 0.4) is 0 Å². The smallest absolute Gasteiger partial charge is 0.242 e. The van der Waals surface area contributed by atoms with Crippen molar-refractivity contribution in [3.63, 3.8) is 0 Å². The number of hydrogen-bond donors (Lipinski definition) is 2. The predicted molar refractivity (Wildman–Crippen MR) is 78.0 cm³/mol. The molecule has 5 heteroatoms. The van der Waals surface area contributed by atoms with E-state index in [-0.39, 0.29) is 11.8 Å². The van der Waals surface area contributed by atoms with Crippen molar-refractivity contribution in [3.05, 3.63) is 0 Å². The number of nitrogens with zero attached hydrogens (tertiary/aromatic N) is 1. The van der Waals surface area contributed by atoms with Crippen LogP contribution in [-0.4, -0.2) is 41.9 Å². The van der Waals surface area contributed by atoms with Crippen LogP contribution in [0.15, 0.2) is 0 Å². The first-order valence-corrected chi connectivity index (χ1v) is 7.84. The molecule has 0 aromatic heterocycles. The van der Waals surface area contributed by atoms with Gasteiger partial charge >= 0.3 is 0 Å². The van der Waals surface area contributed by atoms with Crippen molar-refractivity contribution in [3.8, 4) is 0 Å². The molecule has 1 unspecified atom stereocenters. The molecule has 0 bridgehead atoms. The summed E-state index contributed by atoms with van der Waals surface area (Å²) in [5.74, 6) is 0.490. The fourth-order valence-electron chi connectivity index (χ4n) is 3.42. The average molecular weight is 281 g/mol. The molecule has 0 aromatic rings. The highest BCUT2D eigenvalue weighted by Gasteiger charge is 2.39. The van der Waals surface area contributed by atoms with Crippen LogP contribution in [0.2, 0.25) is 0 Å². The second kappa shape index (κ2) is 6.57. The minimum Gasteiger partial charge on any atom is -0.356 e. The summed E-state index contributed by atoms with van der Waals surface area (Å²) < 4.78 is 0. The molecule has 1 aliphatic heterocycles. The lowest BCUT2D eigenvalue weighted by Crippen LogP contribution is -2.58. The topological polar surface area (TPSA) is 75.4 Å². The van der Waals surface area contributed by atoms with Crippen LogP contribution in [0.5, 0.6) is 0 Å². The van der Waals surface area contributed by atoms with E-state index >= 15 is 0 Å². The van der Waals surface area contributed by atoms with Crippen molar-refractivity contribution in [1.29, 1.82) is 0 Å². The summed E-state index contributed by atoms with van der Waals surface area (Å²) in [4.78, 5) is 25.6. The van der Waals surface area contributed by atoms with E-state index in [0.717, 1.165) is 51.6 Å². The second-order valence-corrected chi connectivity index (χ2v) is 6.41. The third-order valence-electron chi connectivity index (χ3n) is 4.62. The zero-order valence-corrected chi connectivity index (χ0v) is 12.5. The van der Waals surface area contributed by atoms with Gasteiger partial charge in [-0.2, -0.15) is 0 Å². The maximum atomic E-state index is 12.7. The molecular formula is C15H27N3O2. The van der Waals surface area contributed by atoms with Crippen LogP contribution in [0.1, 0.15) is 51.9 Å². The third-order valence-corrected chi connectivity index (χ3v) is 4.62. The number of carbonyl (C=O) groups is 2. The zero-order chi connectivity index (χ0) is 14.6. The second-order valence-electron chi connectivity index (χ2n) is 6.41. The molecule has 20 heavy (non-hydrogen) atoms. The summed E-state index contributed by atoms with van der Waals surface area (Å²) >= 11 is 0. The molecule has 3 N–H and O–H groups in total. The fourth-order valence-corrected chi connectivity index (χ4v) is 3.42. The maximum Gasteiger partial charge on any atom is 0.242 e. The average Bonchev–Trinajstić information content (AvgIpc) is 2.45. The Morgan fingerprint density at radius 1 is 1.25 bits per heavy atom. The summed E-state index contributed by atoms with van der Waals surface area (Å²) in [5.41, 5.74) is 5.71. The van der Waals surface area contributed by atoms with Gasteiger partial charge < -0.3 is 16.0 Å². The van der Waals surface area contributed by atoms with Crippen molar-refractivity contribution < 1.29 is 9.59 Å². The van der Waals surface area contributed by atoms with Gasteiger partial charge in [0.25, 0.3) is 0 Å². The normalized spacial score (nSPS) is 26.1. The fraction of sp³-hybridized carbons (Fsp3) is 0.867. The molecule has 1 heterocycles. The van der Waals surface area contributed by atoms with E-state index in [2.05, 4.69) is 5.32 Å². The highest BCUT2D eigenvalue weighted by atomic mass is 16.2. The number of carbonyl (C=O) groups excluding carboxylic acids is 2. The molecule has 1 atom stereocenters. The van der Waals surface area contributed by atoms with E-state index in [1.54, 1.807) is 0 Å². The van der Waals surface area contributed by atoms with Gasteiger partial charge in [0, 0.05) is 26.6 Å². The molecule has 0 radical (unpaired) electrons. The largest absolute Gasteiger partial charge is 0.356 e. The van der Waals surface area contributed by atoms with Gasteiger partial charge in [0.05, 0.1) is 5.54 Å². The van der Waals surface area contributed by atoms with E-state index in [1.807, 2.05) is 4.90 Å². The van der Waals surface area contributed by atoms with Gasteiger partial charge in [-0.1, -0.05) is 19.3 Å². The van der Waals surface area contributed by atoms with E-state index < -0.39 is 5.54 Å². The van der Waals surface area contributed by atoms with Crippen molar-refractivity contribution >= 4 is 11.8 Å². The van der Waals surface area contributed by atoms with Gasteiger partial charge in [0.2, 0.25) is 11.8 Å². The lowest BCUT2D eigenvalue weighted by molar-refractivity contribution is -0.140. The number of piperidine rings is 1. The molecule has 2 rings (SSSR count). The van der Waals surface area contributed by atoms with Crippen LogP contribution >= 0.6 is 0 Å². The maximum absolute atomic E-state index is 12.7. The van der Waals surface area contributed by atoms with Crippen molar-refractivity contribution in [1.82, 2.24) is 10.2 Å². The van der Waals surface area contributed by atoms with Gasteiger partial charge in [-0.05, 0) is 31.6 Å². The number of amides is 2. The van der Waals surface area contributed by atoms with Crippen molar-refractivity contribution in [2.45, 2.75) is 57.4 Å². The van der Waals surface area contributed by atoms with Gasteiger partial charge in [-0.25, -0.2) is 0 Å². The van der Waals surface area contributed by atoms with Gasteiger partial charge in [-0.3, -0.25) is 9.59 Å². The van der Waals surface area contributed by atoms with Gasteiger partial charge in [0.1, 0.15) is 0 Å².